The number of ether oxygens (including phenoxy) is 3. The number of hydrogen-bond acceptors (Lipinski definition) is 10. The quantitative estimate of drug-likeness (QED) is 0.343. The molecule has 244 valence electrons. The van der Waals surface area contributed by atoms with Crippen LogP contribution in [0.2, 0.25) is 0 Å². The smallest absolute Gasteiger partial charge is 0.255 e. The average Bonchev–Trinajstić information content (AvgIpc) is 3.02. The van der Waals surface area contributed by atoms with Crippen LogP contribution in [0.3, 0.4) is 0 Å². The first-order valence-electron chi connectivity index (χ1n) is 16.4. The van der Waals surface area contributed by atoms with Gasteiger partial charge in [0.05, 0.1) is 24.5 Å². The van der Waals surface area contributed by atoms with E-state index in [4.69, 9.17) is 14.2 Å². The van der Waals surface area contributed by atoms with Gasteiger partial charge in [-0.15, -0.1) is 0 Å². The van der Waals surface area contributed by atoms with Crippen LogP contribution in [-0.2, 0) is 17.7 Å². The molecule has 3 aromatic rings. The number of anilines is 1. The summed E-state index contributed by atoms with van der Waals surface area (Å²) in [4.78, 5) is 30.6. The second-order valence-corrected chi connectivity index (χ2v) is 13.3. The first-order valence-corrected chi connectivity index (χ1v) is 16.4. The van der Waals surface area contributed by atoms with Crippen molar-refractivity contribution in [1.29, 1.82) is 0 Å². The monoisotopic (exact) mass is 631 g/mol. The summed E-state index contributed by atoms with van der Waals surface area (Å²) in [5, 5.41) is 6.22. The number of nitrogens with one attached hydrogen (secondary N) is 2. The lowest BCUT2D eigenvalue weighted by molar-refractivity contribution is -0.0353. The predicted octanol–water partition coefficient (Wildman–Crippen LogP) is 3.73. The van der Waals surface area contributed by atoms with Crippen molar-refractivity contribution in [2.24, 2.45) is 5.41 Å². The van der Waals surface area contributed by atoms with Crippen LogP contribution in [0.5, 0.6) is 17.2 Å². The van der Waals surface area contributed by atoms with Crippen molar-refractivity contribution >= 4 is 11.7 Å². The van der Waals surface area contributed by atoms with Gasteiger partial charge in [0.25, 0.3) is 5.91 Å². The van der Waals surface area contributed by atoms with E-state index in [1.165, 1.54) is 30.2 Å². The maximum atomic E-state index is 14.9. The summed E-state index contributed by atoms with van der Waals surface area (Å²) in [5.74, 6) is 0.689. The minimum Gasteiger partial charge on any atom is -0.490 e. The van der Waals surface area contributed by atoms with Crippen LogP contribution in [0.15, 0.2) is 43.0 Å². The molecule has 1 aromatic carbocycles. The molecule has 3 fully saturated rings. The summed E-state index contributed by atoms with van der Waals surface area (Å²) in [6.45, 7) is 10.8. The summed E-state index contributed by atoms with van der Waals surface area (Å²) >= 11 is 0. The number of carbonyl (C=O) groups is 1. The zero-order chi connectivity index (χ0) is 31.7. The van der Waals surface area contributed by atoms with Crippen molar-refractivity contribution in [3.05, 3.63) is 65.6 Å². The molecule has 1 atom stereocenters. The van der Waals surface area contributed by atoms with E-state index in [0.29, 0.717) is 11.6 Å². The largest absolute Gasteiger partial charge is 0.490 e. The molecule has 5 heterocycles. The normalized spacial score (nSPS) is 21.0. The number of carbonyl (C=O) groups excluding carboxylic acids is 1. The Morgan fingerprint density at radius 2 is 2.09 bits per heavy atom. The van der Waals surface area contributed by atoms with Gasteiger partial charge in [0, 0.05) is 81.1 Å². The maximum Gasteiger partial charge on any atom is 0.255 e. The Morgan fingerprint density at radius 3 is 2.89 bits per heavy atom. The minimum atomic E-state index is -0.623. The third-order valence-corrected chi connectivity index (χ3v) is 9.39. The maximum absolute atomic E-state index is 14.9. The Labute approximate surface area is 268 Å². The van der Waals surface area contributed by atoms with Crippen molar-refractivity contribution in [3.8, 4) is 17.2 Å². The Balaban J connectivity index is 0.957. The summed E-state index contributed by atoms with van der Waals surface area (Å²) in [5.41, 5.74) is 2.62. The van der Waals surface area contributed by atoms with Crippen molar-refractivity contribution in [2.75, 3.05) is 50.8 Å². The van der Waals surface area contributed by atoms with Crippen LogP contribution in [-0.4, -0.2) is 89.9 Å². The van der Waals surface area contributed by atoms with Crippen molar-refractivity contribution in [1.82, 2.24) is 30.5 Å². The minimum absolute atomic E-state index is 0.102. The molecule has 0 bridgehead atoms. The van der Waals surface area contributed by atoms with Gasteiger partial charge in [0.2, 0.25) is 0 Å². The van der Waals surface area contributed by atoms with E-state index in [9.17, 15) is 9.18 Å². The molecule has 0 radical (unpaired) electrons. The molecule has 11 nitrogen and oxygen atoms in total. The molecule has 46 heavy (non-hydrogen) atoms. The number of halogens is 1. The molecule has 1 spiro atoms. The first-order chi connectivity index (χ1) is 22.4. The van der Waals surface area contributed by atoms with E-state index in [1.54, 1.807) is 6.07 Å². The van der Waals surface area contributed by atoms with Crippen LogP contribution in [0, 0.1) is 11.2 Å². The summed E-state index contributed by atoms with van der Waals surface area (Å²) in [6.07, 6.45) is 9.13. The number of amides is 1. The topological polar surface area (TPSA) is 114 Å². The number of hydrogen-bond donors (Lipinski definition) is 2. The van der Waals surface area contributed by atoms with E-state index < -0.39 is 11.7 Å². The lowest BCUT2D eigenvalue weighted by Gasteiger charge is -2.59. The predicted molar refractivity (Wildman–Crippen MR) is 170 cm³/mol. The highest BCUT2D eigenvalue weighted by molar-refractivity contribution is 5.97. The molecule has 2 aromatic heterocycles. The number of aromatic nitrogens is 3. The van der Waals surface area contributed by atoms with E-state index in [1.807, 2.05) is 26.1 Å². The Kier molecular flexibility index (Phi) is 8.76. The number of rotatable bonds is 10. The van der Waals surface area contributed by atoms with Crippen LogP contribution in [0.1, 0.15) is 54.7 Å². The van der Waals surface area contributed by atoms with Crippen LogP contribution in [0.25, 0.3) is 0 Å². The number of fused-ring (bicyclic) bond motifs is 1. The third kappa shape index (κ3) is 6.51. The Hall–Kier alpha value is -3.87. The van der Waals surface area contributed by atoms with Crippen LogP contribution < -0.4 is 25.0 Å². The molecular formula is C34H42FN7O4. The van der Waals surface area contributed by atoms with Gasteiger partial charge in [-0.05, 0) is 51.3 Å². The fourth-order valence-corrected chi connectivity index (χ4v) is 7.10. The summed E-state index contributed by atoms with van der Waals surface area (Å²) in [6, 6.07) is 6.23. The zero-order valence-electron chi connectivity index (χ0n) is 26.5. The molecule has 3 aliphatic heterocycles. The average molecular weight is 632 g/mol. The lowest BCUT2D eigenvalue weighted by atomic mass is 9.61. The van der Waals surface area contributed by atoms with Gasteiger partial charge < -0.3 is 29.7 Å². The van der Waals surface area contributed by atoms with Gasteiger partial charge in [-0.1, -0.05) is 6.07 Å². The third-order valence-electron chi connectivity index (χ3n) is 9.39. The number of pyridine rings is 1. The molecule has 1 amide bonds. The molecule has 4 aliphatic rings. The number of nitrogens with zero attached hydrogens (tertiary/aromatic N) is 5. The second kappa shape index (κ2) is 13.1. The standard InChI is InChI=1S/C34H42FN7O4/c1-22(2)40-33(43)25-4-3-5-27(35)31(25)46-30-17-37-21-39-32(30)42-19-34(20-42)14-24(15-34)45-29-6-9-38-28-8-12-41(18-26(28)29)11-7-23-16-36-10-13-44-23/h3-6,9,17,21-24,36H,7-8,10-16,18-20H2,1-2H3,(H,40,43). The van der Waals surface area contributed by atoms with Crippen LogP contribution in [0.4, 0.5) is 10.2 Å². The highest BCUT2D eigenvalue weighted by Gasteiger charge is 2.54. The summed E-state index contributed by atoms with van der Waals surface area (Å²) < 4.78 is 33.4. The molecule has 2 N–H and O–H groups in total. The Morgan fingerprint density at radius 1 is 1.22 bits per heavy atom. The molecule has 1 aliphatic carbocycles. The summed E-state index contributed by atoms with van der Waals surface area (Å²) in [7, 11) is 0. The van der Waals surface area contributed by atoms with Gasteiger partial charge in [0.1, 0.15) is 18.2 Å². The first kappa shape index (κ1) is 30.8. The molecular weight excluding hydrogens is 589 g/mol. The van der Waals surface area contributed by atoms with E-state index >= 15 is 0 Å². The fraction of sp³-hybridized carbons (Fsp3) is 0.529. The molecule has 1 unspecified atom stereocenters. The molecule has 2 saturated heterocycles. The van der Waals surface area contributed by atoms with Gasteiger partial charge in [-0.2, -0.15) is 0 Å². The van der Waals surface area contributed by atoms with Gasteiger partial charge >= 0.3 is 0 Å². The van der Waals surface area contributed by atoms with Crippen molar-refractivity contribution in [3.63, 3.8) is 0 Å². The second-order valence-electron chi connectivity index (χ2n) is 13.3. The number of benzene rings is 1. The van der Waals surface area contributed by atoms with Crippen molar-refractivity contribution < 1.29 is 23.4 Å². The molecule has 1 saturated carbocycles. The van der Waals surface area contributed by atoms with Gasteiger partial charge in [-0.3, -0.25) is 14.7 Å². The fourth-order valence-electron chi connectivity index (χ4n) is 7.10. The molecule has 12 heteroatoms. The van der Waals surface area contributed by atoms with Gasteiger partial charge in [-0.25, -0.2) is 14.4 Å². The Bertz CT molecular complexity index is 1550. The highest BCUT2D eigenvalue weighted by Crippen LogP contribution is 2.52. The SMILES string of the molecule is CC(C)NC(=O)c1cccc(F)c1Oc1cncnc1N1CC2(CC(Oc3ccnc4c3CN(CCC3CNCCO3)CC4)C2)C1. The zero-order valence-corrected chi connectivity index (χ0v) is 26.5. The van der Waals surface area contributed by atoms with E-state index in [0.717, 1.165) is 89.5 Å². The van der Waals surface area contributed by atoms with Crippen LogP contribution >= 0.6 is 0 Å². The number of morpholine rings is 1. The molecule has 7 rings (SSSR count). The van der Waals surface area contributed by atoms with Gasteiger partial charge in [0.15, 0.2) is 23.1 Å². The lowest BCUT2D eigenvalue weighted by Crippen LogP contribution is -2.65. The van der Waals surface area contributed by atoms with Crippen molar-refractivity contribution in [2.45, 2.75) is 64.3 Å². The van der Waals surface area contributed by atoms with E-state index in [-0.39, 0.29) is 35.0 Å². The van der Waals surface area contributed by atoms with E-state index in [2.05, 4.69) is 35.4 Å². The number of para-hydroxylation sites is 1. The highest BCUT2D eigenvalue weighted by atomic mass is 19.1.